The van der Waals surface area contributed by atoms with Crippen LogP contribution in [0.3, 0.4) is 0 Å². The number of alkyl carbamates (subject to hydrolysis) is 1. The molecule has 6 nitrogen and oxygen atoms in total. The first-order valence-corrected chi connectivity index (χ1v) is 9.34. The number of esters is 1. The molecule has 1 aromatic rings. The van der Waals surface area contributed by atoms with Gasteiger partial charge in [0.05, 0.1) is 13.2 Å². The molecule has 1 amide bonds. The van der Waals surface area contributed by atoms with Crippen LogP contribution in [0.1, 0.15) is 58.1 Å². The van der Waals surface area contributed by atoms with Gasteiger partial charge >= 0.3 is 12.1 Å². The van der Waals surface area contributed by atoms with Gasteiger partial charge < -0.3 is 14.8 Å². The number of ketones is 1. The molecule has 2 unspecified atom stereocenters. The van der Waals surface area contributed by atoms with Crippen LogP contribution in [0.2, 0.25) is 5.02 Å². The summed E-state index contributed by atoms with van der Waals surface area (Å²) in [5.74, 6) is -0.889. The normalized spacial score (nSPS) is 21.3. The number of ether oxygens (including phenoxy) is 2. The van der Waals surface area contributed by atoms with Crippen LogP contribution in [0, 0.1) is 5.41 Å². The van der Waals surface area contributed by atoms with Gasteiger partial charge in [-0.1, -0.05) is 30.2 Å². The average molecular weight is 396 g/mol. The first-order chi connectivity index (χ1) is 12.6. The molecule has 2 rings (SSSR count). The number of carbonyl (C=O) groups is 3. The van der Waals surface area contributed by atoms with E-state index in [0.717, 1.165) is 0 Å². The maximum Gasteiger partial charge on any atom is 0.408 e. The smallest absolute Gasteiger partial charge is 0.408 e. The maximum atomic E-state index is 12.9. The van der Waals surface area contributed by atoms with Crippen molar-refractivity contribution in [3.8, 4) is 0 Å². The fourth-order valence-electron chi connectivity index (χ4n) is 3.44. The van der Waals surface area contributed by atoms with Crippen molar-refractivity contribution >= 4 is 29.4 Å². The van der Waals surface area contributed by atoms with Crippen LogP contribution in [-0.4, -0.2) is 30.6 Å². The molecular weight excluding hydrogens is 370 g/mol. The fourth-order valence-corrected chi connectivity index (χ4v) is 3.57. The minimum atomic E-state index is -1.49. The molecule has 0 heterocycles. The Labute approximate surface area is 164 Å². The summed E-state index contributed by atoms with van der Waals surface area (Å²) < 4.78 is 10.4. The number of halogens is 1. The van der Waals surface area contributed by atoms with Crippen molar-refractivity contribution in [2.45, 2.75) is 58.1 Å². The molecule has 1 N–H and O–H groups in total. The Morgan fingerprint density at radius 3 is 2.33 bits per heavy atom. The Morgan fingerprint density at radius 2 is 1.81 bits per heavy atom. The van der Waals surface area contributed by atoms with E-state index < -0.39 is 29.1 Å². The molecule has 2 atom stereocenters. The van der Waals surface area contributed by atoms with Gasteiger partial charge in [-0.05, 0) is 51.3 Å². The predicted octanol–water partition coefficient (Wildman–Crippen LogP) is 4.21. The van der Waals surface area contributed by atoms with Gasteiger partial charge in [0.25, 0.3) is 0 Å². The number of Topliss-reactive ketones (excluding diaryl/α,β-unsaturated/α-hetero) is 1. The standard InChI is InChI=1S/C20H26ClNO5/c1-19(2,3)27-18(25)22-16(13-8-10-14(21)11-9-13)20(17(24)26-4)12-6-5-7-15(20)23/h8-11,16H,5-7,12H2,1-4H3,(H,22,25). The zero-order valence-electron chi connectivity index (χ0n) is 16.1. The first-order valence-electron chi connectivity index (χ1n) is 8.97. The summed E-state index contributed by atoms with van der Waals surface area (Å²) >= 11 is 5.98. The fraction of sp³-hybridized carbons (Fsp3) is 0.550. The number of nitrogens with one attached hydrogen (secondary N) is 1. The Balaban J connectivity index is 2.51. The van der Waals surface area contributed by atoms with Crippen LogP contribution in [-0.2, 0) is 19.1 Å². The number of methoxy groups -OCH3 is 1. The van der Waals surface area contributed by atoms with Crippen LogP contribution in [0.5, 0.6) is 0 Å². The monoisotopic (exact) mass is 395 g/mol. The molecule has 1 saturated carbocycles. The van der Waals surface area contributed by atoms with Crippen molar-refractivity contribution < 1.29 is 23.9 Å². The molecule has 0 spiro atoms. The summed E-state index contributed by atoms with van der Waals surface area (Å²) in [6, 6.07) is 5.77. The van der Waals surface area contributed by atoms with E-state index in [1.165, 1.54) is 7.11 Å². The van der Waals surface area contributed by atoms with Crippen LogP contribution in [0.15, 0.2) is 24.3 Å². The molecule has 0 bridgehead atoms. The Kier molecular flexibility index (Phi) is 6.52. The van der Waals surface area contributed by atoms with Crippen LogP contribution >= 0.6 is 11.6 Å². The molecule has 0 aliphatic heterocycles. The highest BCUT2D eigenvalue weighted by Gasteiger charge is 2.55. The van der Waals surface area contributed by atoms with Crippen molar-refractivity contribution in [2.24, 2.45) is 5.41 Å². The summed E-state index contributed by atoms with van der Waals surface area (Å²) in [6.45, 7) is 5.23. The quantitative estimate of drug-likeness (QED) is 0.610. The van der Waals surface area contributed by atoms with Gasteiger partial charge in [-0.25, -0.2) is 4.79 Å². The lowest BCUT2D eigenvalue weighted by atomic mass is 9.66. The van der Waals surface area contributed by atoms with Crippen molar-refractivity contribution in [1.82, 2.24) is 5.32 Å². The third kappa shape index (κ3) is 4.80. The topological polar surface area (TPSA) is 81.7 Å². The molecule has 0 radical (unpaired) electrons. The van der Waals surface area contributed by atoms with E-state index >= 15 is 0 Å². The molecule has 148 valence electrons. The number of rotatable bonds is 4. The van der Waals surface area contributed by atoms with Crippen LogP contribution in [0.25, 0.3) is 0 Å². The van der Waals surface area contributed by atoms with Gasteiger partial charge in [0, 0.05) is 11.4 Å². The largest absolute Gasteiger partial charge is 0.468 e. The lowest BCUT2D eigenvalue weighted by Gasteiger charge is -2.40. The molecule has 1 aliphatic carbocycles. The highest BCUT2D eigenvalue weighted by Crippen LogP contribution is 2.45. The lowest BCUT2D eigenvalue weighted by molar-refractivity contribution is -0.162. The van der Waals surface area contributed by atoms with E-state index in [1.54, 1.807) is 45.0 Å². The van der Waals surface area contributed by atoms with Gasteiger partial charge in [-0.15, -0.1) is 0 Å². The summed E-state index contributed by atoms with van der Waals surface area (Å²) in [6.07, 6.45) is 1.24. The van der Waals surface area contributed by atoms with Crippen LogP contribution in [0.4, 0.5) is 4.79 Å². The predicted molar refractivity (Wildman–Crippen MR) is 101 cm³/mol. The summed E-state index contributed by atoms with van der Waals surface area (Å²) in [5, 5.41) is 3.25. The second kappa shape index (κ2) is 8.30. The lowest BCUT2D eigenvalue weighted by Crippen LogP contribution is -2.53. The molecule has 1 fully saturated rings. The number of hydrogen-bond acceptors (Lipinski definition) is 5. The Morgan fingerprint density at radius 1 is 1.19 bits per heavy atom. The molecular formula is C20H26ClNO5. The van der Waals surface area contributed by atoms with Crippen LogP contribution < -0.4 is 5.32 Å². The van der Waals surface area contributed by atoms with Gasteiger partial charge in [-0.3, -0.25) is 9.59 Å². The van der Waals surface area contributed by atoms with E-state index in [2.05, 4.69) is 5.32 Å². The van der Waals surface area contributed by atoms with E-state index in [9.17, 15) is 14.4 Å². The zero-order valence-corrected chi connectivity index (χ0v) is 16.9. The van der Waals surface area contributed by atoms with Crippen molar-refractivity contribution in [1.29, 1.82) is 0 Å². The van der Waals surface area contributed by atoms with Gasteiger partial charge in [0.15, 0.2) is 11.2 Å². The van der Waals surface area contributed by atoms with Gasteiger partial charge in [0.2, 0.25) is 0 Å². The molecule has 7 heteroatoms. The summed E-state index contributed by atoms with van der Waals surface area (Å²) in [7, 11) is 1.25. The second-order valence-electron chi connectivity index (χ2n) is 7.72. The van der Waals surface area contributed by atoms with E-state index in [4.69, 9.17) is 21.1 Å². The average Bonchev–Trinajstić information content (AvgIpc) is 2.59. The van der Waals surface area contributed by atoms with Gasteiger partial charge in [-0.2, -0.15) is 0 Å². The van der Waals surface area contributed by atoms with Crippen molar-refractivity contribution in [2.75, 3.05) is 7.11 Å². The minimum absolute atomic E-state index is 0.239. The highest BCUT2D eigenvalue weighted by molar-refractivity contribution is 6.30. The number of carbonyl (C=O) groups excluding carboxylic acids is 3. The second-order valence-corrected chi connectivity index (χ2v) is 8.16. The number of hydrogen-bond donors (Lipinski definition) is 1. The molecule has 27 heavy (non-hydrogen) atoms. The van der Waals surface area contributed by atoms with E-state index in [1.807, 2.05) is 0 Å². The van der Waals surface area contributed by atoms with E-state index in [0.29, 0.717) is 29.8 Å². The highest BCUT2D eigenvalue weighted by atomic mass is 35.5. The third-order valence-electron chi connectivity index (χ3n) is 4.63. The molecule has 0 aromatic heterocycles. The van der Waals surface area contributed by atoms with Gasteiger partial charge in [0.1, 0.15) is 5.60 Å². The third-order valence-corrected chi connectivity index (χ3v) is 4.88. The molecule has 0 saturated heterocycles. The summed E-state index contributed by atoms with van der Waals surface area (Å²) in [5.41, 5.74) is -1.62. The Bertz CT molecular complexity index is 700. The minimum Gasteiger partial charge on any atom is -0.468 e. The number of amides is 1. The van der Waals surface area contributed by atoms with E-state index in [-0.39, 0.29) is 12.2 Å². The number of benzene rings is 1. The maximum absolute atomic E-state index is 12.9. The zero-order chi connectivity index (χ0) is 20.2. The van der Waals surface area contributed by atoms with Crippen molar-refractivity contribution in [3.05, 3.63) is 34.9 Å². The Hall–Kier alpha value is -2.08. The first kappa shape index (κ1) is 21.2. The summed E-state index contributed by atoms with van der Waals surface area (Å²) in [4.78, 5) is 38.2. The molecule has 1 aliphatic rings. The molecule has 1 aromatic carbocycles. The van der Waals surface area contributed by atoms with Crippen molar-refractivity contribution in [3.63, 3.8) is 0 Å². The SMILES string of the molecule is COC(=O)C1(C(NC(=O)OC(C)(C)C)c2ccc(Cl)cc2)CCCCC1=O.